The molecule has 1 aromatic rings. The zero-order valence-electron chi connectivity index (χ0n) is 11.6. The van der Waals surface area contributed by atoms with Gasteiger partial charge in [0.1, 0.15) is 4.90 Å². The summed E-state index contributed by atoms with van der Waals surface area (Å²) in [5, 5.41) is 16.7. The van der Waals surface area contributed by atoms with E-state index in [0.29, 0.717) is 21.0 Å². The smallest absolute Gasteiger partial charge is 0.239 e. The van der Waals surface area contributed by atoms with Gasteiger partial charge in [-0.05, 0) is 28.1 Å². The highest BCUT2D eigenvalue weighted by molar-refractivity contribution is 9.10. The highest BCUT2D eigenvalue weighted by Crippen LogP contribution is 2.41. The van der Waals surface area contributed by atoms with Crippen LogP contribution >= 0.6 is 56.3 Å². The minimum Gasteiger partial charge on any atom is -0.366 e. The topological polar surface area (TPSA) is 96.0 Å². The molecule has 1 aliphatic rings. The zero-order valence-corrected chi connectivity index (χ0v) is 17.3. The van der Waals surface area contributed by atoms with E-state index in [1.807, 2.05) is 0 Å². The van der Waals surface area contributed by atoms with Crippen LogP contribution in [-0.4, -0.2) is 43.4 Å². The van der Waals surface area contributed by atoms with Crippen LogP contribution in [0, 0.1) is 0 Å². The van der Waals surface area contributed by atoms with E-state index in [2.05, 4.69) is 20.9 Å². The van der Waals surface area contributed by atoms with Gasteiger partial charge in [0.25, 0.3) is 0 Å². The number of rotatable bonds is 2. The molecule has 11 heteroatoms. The largest absolute Gasteiger partial charge is 0.366 e. The van der Waals surface area contributed by atoms with Crippen molar-refractivity contribution in [2.24, 2.45) is 10.1 Å². The summed E-state index contributed by atoms with van der Waals surface area (Å²) < 4.78 is 23.6. The minimum absolute atomic E-state index is 0. The van der Waals surface area contributed by atoms with Gasteiger partial charge in [0, 0.05) is 24.1 Å². The number of aliphatic imine (C=N–C) groups is 1. The number of halogens is 3. The maximum Gasteiger partial charge on any atom is 0.239 e. The molecular weight excluding hydrogens is 482 g/mol. The van der Waals surface area contributed by atoms with Crippen molar-refractivity contribution >= 4 is 71.5 Å². The molecule has 6 nitrogen and oxygen atoms in total. The summed E-state index contributed by atoms with van der Waals surface area (Å²) in [6, 6.07) is 2.87. The molecule has 1 heterocycles. The predicted octanol–water partition coefficient (Wildman–Crippen LogP) is 2.14. The fourth-order valence-electron chi connectivity index (χ4n) is 2.01. The van der Waals surface area contributed by atoms with Gasteiger partial charge in [0.2, 0.25) is 10.0 Å². The Kier molecular flexibility index (Phi) is 6.39. The van der Waals surface area contributed by atoms with E-state index in [4.69, 9.17) is 16.7 Å². The lowest BCUT2D eigenvalue weighted by molar-refractivity contribution is -0.0350. The van der Waals surface area contributed by atoms with Gasteiger partial charge in [-0.15, -0.1) is 17.0 Å². The monoisotopic (exact) mass is 493 g/mol. The van der Waals surface area contributed by atoms with Crippen LogP contribution < -0.4 is 5.14 Å². The molecule has 0 amide bonds. The van der Waals surface area contributed by atoms with Gasteiger partial charge in [-0.2, -0.15) is 0 Å². The van der Waals surface area contributed by atoms with Gasteiger partial charge in [-0.25, -0.2) is 13.6 Å². The Balaban J connectivity index is 0.00000242. The quantitative estimate of drug-likeness (QED) is 0.656. The van der Waals surface area contributed by atoms with Crippen molar-refractivity contribution < 1.29 is 13.5 Å². The molecule has 0 saturated carbocycles. The van der Waals surface area contributed by atoms with Crippen LogP contribution in [0.3, 0.4) is 0 Å². The SMILES string of the molecule is Br.CN=C1SCC(O)(c2cc(Br)c(Cl)c(S(N)(=O)=O)c2)N1C. The summed E-state index contributed by atoms with van der Waals surface area (Å²) in [4.78, 5) is 5.42. The average Bonchev–Trinajstić information content (AvgIpc) is 2.68. The molecule has 1 aromatic carbocycles. The third kappa shape index (κ3) is 3.47. The van der Waals surface area contributed by atoms with Crippen molar-refractivity contribution in [2.45, 2.75) is 10.6 Å². The molecule has 3 N–H and O–H groups in total. The van der Waals surface area contributed by atoms with E-state index < -0.39 is 15.7 Å². The van der Waals surface area contributed by atoms with Gasteiger partial charge in [0.05, 0.1) is 10.8 Å². The van der Waals surface area contributed by atoms with E-state index >= 15 is 0 Å². The highest BCUT2D eigenvalue weighted by Gasteiger charge is 2.43. The molecule has 0 aromatic heterocycles. The summed E-state index contributed by atoms with van der Waals surface area (Å²) in [7, 11) is -0.695. The summed E-state index contributed by atoms with van der Waals surface area (Å²) in [6.07, 6.45) is 0. The molecule has 22 heavy (non-hydrogen) atoms. The molecule has 124 valence electrons. The molecule has 0 aliphatic carbocycles. The van der Waals surface area contributed by atoms with Gasteiger partial charge < -0.3 is 10.0 Å². The Morgan fingerprint density at radius 1 is 1.55 bits per heavy atom. The fraction of sp³-hybridized carbons (Fsp3) is 0.364. The van der Waals surface area contributed by atoms with Crippen molar-refractivity contribution in [1.82, 2.24) is 4.90 Å². The summed E-state index contributed by atoms with van der Waals surface area (Å²) in [6.45, 7) is 0. The molecule has 1 atom stereocenters. The summed E-state index contributed by atoms with van der Waals surface area (Å²) in [5.41, 5.74) is -1.01. The molecule has 0 radical (unpaired) electrons. The molecule has 1 aliphatic heterocycles. The number of hydrogen-bond acceptors (Lipinski definition) is 5. The molecule has 1 saturated heterocycles. The summed E-state index contributed by atoms with van der Waals surface area (Å²) in [5.74, 6) is 0.314. The Morgan fingerprint density at radius 2 is 2.14 bits per heavy atom. The maximum absolute atomic E-state index is 11.6. The number of nitrogens with two attached hydrogens (primary N) is 1. The van der Waals surface area contributed by atoms with Crippen molar-refractivity contribution in [3.8, 4) is 0 Å². The Morgan fingerprint density at radius 3 is 2.59 bits per heavy atom. The molecule has 2 rings (SSSR count). The maximum atomic E-state index is 11.6. The van der Waals surface area contributed by atoms with E-state index in [0.717, 1.165) is 0 Å². The van der Waals surface area contributed by atoms with Crippen LogP contribution in [0.5, 0.6) is 0 Å². The first kappa shape index (κ1) is 20.2. The van der Waals surface area contributed by atoms with E-state index in [-0.39, 0.29) is 26.9 Å². The third-order valence-electron chi connectivity index (χ3n) is 3.20. The van der Waals surface area contributed by atoms with Crippen LogP contribution in [0.15, 0.2) is 26.5 Å². The minimum atomic E-state index is -4.00. The number of hydrogen-bond donors (Lipinski definition) is 2. The van der Waals surface area contributed by atoms with Gasteiger partial charge in [-0.1, -0.05) is 23.4 Å². The second kappa shape index (κ2) is 6.96. The van der Waals surface area contributed by atoms with Crippen LogP contribution in [-0.2, 0) is 15.7 Å². The zero-order chi connectivity index (χ0) is 16.0. The highest BCUT2D eigenvalue weighted by atomic mass is 79.9. The third-order valence-corrected chi connectivity index (χ3v) is 6.77. The van der Waals surface area contributed by atoms with Gasteiger partial charge in [0.15, 0.2) is 10.9 Å². The number of nitrogens with zero attached hydrogens (tertiary/aromatic N) is 2. The standard InChI is InChI=1S/C11H13BrClN3O3S2.BrH/c1-15-10-16(2)11(17,5-20-10)6-3-7(12)9(13)8(4-6)21(14,18)19;/h3-4,17H,5H2,1-2H3,(H2,14,18,19);1H. The number of amidine groups is 1. The fourth-order valence-corrected chi connectivity index (χ4v) is 4.85. The number of benzene rings is 1. The molecular formula is C11H14Br2ClN3O3S2. The Hall–Kier alpha value is 0.160. The van der Waals surface area contributed by atoms with Gasteiger partial charge >= 0.3 is 0 Å². The van der Waals surface area contributed by atoms with Crippen LogP contribution in [0.25, 0.3) is 0 Å². The van der Waals surface area contributed by atoms with Crippen molar-refractivity contribution in [1.29, 1.82) is 0 Å². The first-order valence-electron chi connectivity index (χ1n) is 5.69. The Labute approximate surface area is 157 Å². The first-order valence-corrected chi connectivity index (χ1v) is 9.39. The first-order chi connectivity index (χ1) is 9.61. The van der Waals surface area contributed by atoms with Crippen molar-refractivity contribution in [3.63, 3.8) is 0 Å². The van der Waals surface area contributed by atoms with E-state index in [1.165, 1.54) is 17.8 Å². The van der Waals surface area contributed by atoms with E-state index in [1.54, 1.807) is 25.1 Å². The number of primary sulfonamides is 1. The number of aliphatic hydroxyl groups is 1. The lowest BCUT2D eigenvalue weighted by Crippen LogP contribution is -2.42. The summed E-state index contributed by atoms with van der Waals surface area (Å²) >= 11 is 10.5. The van der Waals surface area contributed by atoms with Crippen LogP contribution in [0.2, 0.25) is 5.02 Å². The lowest BCUT2D eigenvalue weighted by Gasteiger charge is -2.31. The normalized spacial score (nSPS) is 23.7. The number of thioether (sulfide) groups is 1. The lowest BCUT2D eigenvalue weighted by atomic mass is 10.0. The van der Waals surface area contributed by atoms with Crippen molar-refractivity contribution in [2.75, 3.05) is 19.8 Å². The van der Waals surface area contributed by atoms with E-state index in [9.17, 15) is 13.5 Å². The second-order valence-electron chi connectivity index (χ2n) is 4.49. The molecule has 1 unspecified atom stereocenters. The second-order valence-corrected chi connectivity index (χ2v) is 8.19. The average molecular weight is 496 g/mol. The van der Waals surface area contributed by atoms with Crippen LogP contribution in [0.4, 0.5) is 0 Å². The Bertz CT molecular complexity index is 730. The van der Waals surface area contributed by atoms with Crippen molar-refractivity contribution in [3.05, 3.63) is 27.2 Å². The predicted molar refractivity (Wildman–Crippen MR) is 98.3 cm³/mol. The number of sulfonamides is 1. The van der Waals surface area contributed by atoms with Crippen LogP contribution in [0.1, 0.15) is 5.56 Å². The molecule has 0 spiro atoms. The van der Waals surface area contributed by atoms with Gasteiger partial charge in [-0.3, -0.25) is 4.99 Å². The molecule has 0 bridgehead atoms. The molecule has 1 fully saturated rings.